The molecule has 1 fully saturated rings. The molecule has 0 aromatic heterocycles. The minimum Gasteiger partial charge on any atom is -0.328 e. The summed E-state index contributed by atoms with van der Waals surface area (Å²) in [7, 11) is -2.25. The molecule has 13 heavy (non-hydrogen) atoms. The van der Waals surface area contributed by atoms with Gasteiger partial charge in [0.25, 0.3) is 0 Å². The van der Waals surface area contributed by atoms with Crippen molar-refractivity contribution in [2.45, 2.75) is 25.3 Å². The van der Waals surface area contributed by atoms with Crippen molar-refractivity contribution in [2.24, 2.45) is 11.7 Å². The molecule has 0 aromatic rings. The van der Waals surface area contributed by atoms with Gasteiger partial charge in [-0.05, 0) is 25.2 Å². The van der Waals surface area contributed by atoms with Crippen molar-refractivity contribution in [1.82, 2.24) is 0 Å². The SMILES string of the molecule is CS(=N)(=O)CCC1CC(N)C1.Cl.Cl. The molecule has 1 atom stereocenters. The molecule has 1 aliphatic rings. The summed E-state index contributed by atoms with van der Waals surface area (Å²) in [6.07, 6.45) is 4.56. The van der Waals surface area contributed by atoms with Crippen LogP contribution < -0.4 is 5.73 Å². The zero-order valence-electron chi connectivity index (χ0n) is 7.69. The predicted molar refractivity (Wildman–Crippen MR) is 61.5 cm³/mol. The van der Waals surface area contributed by atoms with Crippen molar-refractivity contribution in [2.75, 3.05) is 12.0 Å². The number of hydrogen-bond acceptors (Lipinski definition) is 3. The topological polar surface area (TPSA) is 66.9 Å². The second kappa shape index (κ2) is 6.06. The van der Waals surface area contributed by atoms with Crippen molar-refractivity contribution in [1.29, 1.82) is 4.78 Å². The number of nitrogens with two attached hydrogens (primary N) is 1. The van der Waals surface area contributed by atoms with E-state index in [1.54, 1.807) is 0 Å². The van der Waals surface area contributed by atoms with Crippen molar-refractivity contribution in [3.8, 4) is 0 Å². The van der Waals surface area contributed by atoms with Crippen LogP contribution >= 0.6 is 24.8 Å². The highest BCUT2D eigenvalue weighted by Gasteiger charge is 2.25. The summed E-state index contributed by atoms with van der Waals surface area (Å²) < 4.78 is 18.1. The van der Waals surface area contributed by atoms with Gasteiger partial charge in [0, 0.05) is 27.8 Å². The first-order valence-electron chi connectivity index (χ1n) is 3.94. The van der Waals surface area contributed by atoms with Crippen LogP contribution in [0.1, 0.15) is 19.3 Å². The molecule has 0 spiro atoms. The maximum atomic E-state index is 10.9. The van der Waals surface area contributed by atoms with Crippen LogP contribution in [0, 0.1) is 10.7 Å². The Kier molecular flexibility index (Phi) is 7.44. The van der Waals surface area contributed by atoms with Crippen molar-refractivity contribution >= 4 is 34.5 Å². The van der Waals surface area contributed by atoms with E-state index in [1.807, 2.05) is 0 Å². The van der Waals surface area contributed by atoms with Gasteiger partial charge in [0.05, 0.1) is 0 Å². The summed E-state index contributed by atoms with van der Waals surface area (Å²) in [6, 6.07) is 0.374. The Labute approximate surface area is 92.6 Å². The third kappa shape index (κ3) is 6.55. The van der Waals surface area contributed by atoms with E-state index in [0.717, 1.165) is 19.3 Å². The molecular formula is C7H18Cl2N2OS. The summed E-state index contributed by atoms with van der Waals surface area (Å²) in [4.78, 5) is 0. The molecule has 0 amide bonds. The summed E-state index contributed by atoms with van der Waals surface area (Å²) in [5.74, 6) is 1.20. The fourth-order valence-electron chi connectivity index (χ4n) is 1.41. The number of nitrogens with one attached hydrogen (secondary N) is 1. The van der Waals surface area contributed by atoms with Crippen LogP contribution in [0.5, 0.6) is 0 Å². The van der Waals surface area contributed by atoms with E-state index in [-0.39, 0.29) is 24.8 Å². The Bertz CT molecular complexity index is 225. The van der Waals surface area contributed by atoms with E-state index in [0.29, 0.717) is 17.7 Å². The van der Waals surface area contributed by atoms with Gasteiger partial charge < -0.3 is 5.73 Å². The number of hydrogen-bond donors (Lipinski definition) is 2. The van der Waals surface area contributed by atoms with Gasteiger partial charge in [-0.3, -0.25) is 8.99 Å². The van der Waals surface area contributed by atoms with Crippen molar-refractivity contribution < 1.29 is 4.21 Å². The lowest BCUT2D eigenvalue weighted by atomic mass is 9.79. The quantitative estimate of drug-likeness (QED) is 0.798. The van der Waals surface area contributed by atoms with Gasteiger partial charge in [0.15, 0.2) is 0 Å². The van der Waals surface area contributed by atoms with Gasteiger partial charge in [-0.2, -0.15) is 0 Å². The largest absolute Gasteiger partial charge is 0.328 e. The highest BCUT2D eigenvalue weighted by Crippen LogP contribution is 2.28. The molecule has 1 aliphatic carbocycles. The van der Waals surface area contributed by atoms with Crippen LogP contribution in [0.25, 0.3) is 0 Å². The molecule has 1 unspecified atom stereocenters. The maximum absolute atomic E-state index is 10.9. The van der Waals surface area contributed by atoms with E-state index in [9.17, 15) is 4.21 Å². The van der Waals surface area contributed by atoms with E-state index < -0.39 is 9.73 Å². The average Bonchev–Trinajstić information content (AvgIpc) is 1.75. The Morgan fingerprint density at radius 2 is 1.92 bits per heavy atom. The maximum Gasteiger partial charge on any atom is 0.0412 e. The van der Waals surface area contributed by atoms with E-state index in [1.165, 1.54) is 6.26 Å². The predicted octanol–water partition coefficient (Wildman–Crippen LogP) is 1.63. The summed E-state index contributed by atoms with van der Waals surface area (Å²) in [5, 5.41) is 0. The number of rotatable bonds is 3. The van der Waals surface area contributed by atoms with Crippen LogP contribution in [-0.2, 0) is 9.73 Å². The molecule has 1 rings (SSSR count). The second-order valence-corrected chi connectivity index (χ2v) is 6.01. The van der Waals surface area contributed by atoms with Crippen LogP contribution in [0.3, 0.4) is 0 Å². The zero-order valence-corrected chi connectivity index (χ0v) is 10.1. The molecule has 0 bridgehead atoms. The van der Waals surface area contributed by atoms with Gasteiger partial charge in [0.2, 0.25) is 0 Å². The average molecular weight is 249 g/mol. The lowest BCUT2D eigenvalue weighted by molar-refractivity contribution is 0.259. The molecule has 0 aromatic carbocycles. The van der Waals surface area contributed by atoms with Gasteiger partial charge >= 0.3 is 0 Å². The summed E-state index contributed by atoms with van der Waals surface area (Å²) >= 11 is 0. The first kappa shape index (κ1) is 15.9. The van der Waals surface area contributed by atoms with E-state index in [2.05, 4.69) is 0 Å². The second-order valence-electron chi connectivity index (χ2n) is 3.60. The molecule has 6 heteroatoms. The van der Waals surface area contributed by atoms with Crippen LogP contribution in [0.15, 0.2) is 0 Å². The Morgan fingerprint density at radius 1 is 1.46 bits per heavy atom. The standard InChI is InChI=1S/C7H16N2OS.2ClH/c1-11(9,10)3-2-6-4-7(8)5-6;;/h6-7,9H,2-5,8H2,1H3;2*1H. The highest BCUT2D eigenvalue weighted by atomic mass is 35.5. The summed E-state index contributed by atoms with van der Waals surface area (Å²) in [6.45, 7) is 0. The minimum atomic E-state index is -2.25. The fraction of sp³-hybridized carbons (Fsp3) is 1.00. The van der Waals surface area contributed by atoms with Gasteiger partial charge in [-0.15, -0.1) is 24.8 Å². The molecule has 0 heterocycles. The molecule has 0 radical (unpaired) electrons. The van der Waals surface area contributed by atoms with E-state index >= 15 is 0 Å². The number of halogens is 2. The van der Waals surface area contributed by atoms with E-state index in [4.69, 9.17) is 10.5 Å². The van der Waals surface area contributed by atoms with Crippen molar-refractivity contribution in [3.05, 3.63) is 0 Å². The lowest BCUT2D eigenvalue weighted by Crippen LogP contribution is -2.36. The molecule has 1 saturated carbocycles. The third-order valence-electron chi connectivity index (χ3n) is 2.19. The van der Waals surface area contributed by atoms with Gasteiger partial charge in [0.1, 0.15) is 0 Å². The third-order valence-corrected chi connectivity index (χ3v) is 3.20. The normalized spacial score (nSPS) is 30.3. The smallest absolute Gasteiger partial charge is 0.0412 e. The molecule has 82 valence electrons. The molecule has 0 aliphatic heterocycles. The molecule has 3 nitrogen and oxygen atoms in total. The van der Waals surface area contributed by atoms with Crippen molar-refractivity contribution in [3.63, 3.8) is 0 Å². The molecular weight excluding hydrogens is 231 g/mol. The molecule has 3 N–H and O–H groups in total. The molecule has 0 saturated heterocycles. The van der Waals surface area contributed by atoms with Crippen LogP contribution in [0.4, 0.5) is 0 Å². The Balaban J connectivity index is 0. The summed E-state index contributed by atoms with van der Waals surface area (Å²) in [5.41, 5.74) is 5.59. The van der Waals surface area contributed by atoms with Gasteiger partial charge in [-0.25, -0.2) is 0 Å². The highest BCUT2D eigenvalue weighted by molar-refractivity contribution is 7.91. The first-order valence-corrected chi connectivity index (χ1v) is 6.08. The lowest BCUT2D eigenvalue weighted by Gasteiger charge is -2.32. The minimum absolute atomic E-state index is 0. The zero-order chi connectivity index (χ0) is 8.48. The Hall–Kier alpha value is 0.490. The van der Waals surface area contributed by atoms with Crippen LogP contribution in [-0.4, -0.2) is 22.3 Å². The first-order chi connectivity index (χ1) is 4.97. The monoisotopic (exact) mass is 248 g/mol. The van der Waals surface area contributed by atoms with Crippen LogP contribution in [0.2, 0.25) is 0 Å². The fourth-order valence-corrected chi connectivity index (χ4v) is 2.20. The Morgan fingerprint density at radius 3 is 2.23 bits per heavy atom. The van der Waals surface area contributed by atoms with Gasteiger partial charge in [-0.1, -0.05) is 0 Å².